The first kappa shape index (κ1) is 8.61. The van der Waals surface area contributed by atoms with Crippen LogP contribution in [0, 0.1) is 18.3 Å². The Hall–Kier alpha value is -1.49. The smallest absolute Gasteiger partial charge is 0.0988 e. The summed E-state index contributed by atoms with van der Waals surface area (Å²) >= 11 is 0. The number of hydrogen-bond donors (Lipinski definition) is 0. The number of allylic oxidation sites excluding steroid dienone is 1. The zero-order valence-corrected chi connectivity index (χ0v) is 7.20. The predicted molar refractivity (Wildman–Crippen MR) is 50.2 cm³/mol. The largest absolute Gasteiger partial charge is 0.311 e. The third kappa shape index (κ3) is 2.00. The summed E-state index contributed by atoms with van der Waals surface area (Å²) in [7, 11) is 0. The van der Waals surface area contributed by atoms with E-state index in [1.165, 1.54) is 0 Å². The summed E-state index contributed by atoms with van der Waals surface area (Å²) in [6.45, 7) is 5.91. The summed E-state index contributed by atoms with van der Waals surface area (Å²) in [5, 5.41) is 0. The number of rotatable bonds is 3. The molecule has 0 aromatic carbocycles. The van der Waals surface area contributed by atoms with Crippen LogP contribution in [0.1, 0.15) is 13.3 Å². The zero-order valence-electron chi connectivity index (χ0n) is 7.20. The van der Waals surface area contributed by atoms with Crippen LogP contribution in [0.15, 0.2) is 25.3 Å². The molecule has 0 aliphatic heterocycles. The van der Waals surface area contributed by atoms with E-state index in [1.807, 2.05) is 17.7 Å². The minimum atomic E-state index is 0.236. The Balaban J connectivity index is 2.57. The number of aromatic nitrogens is 2. The average molecular weight is 160 g/mol. The van der Waals surface area contributed by atoms with Gasteiger partial charge >= 0.3 is 0 Å². The van der Waals surface area contributed by atoms with Crippen molar-refractivity contribution in [3.8, 4) is 12.3 Å². The fourth-order valence-electron chi connectivity index (χ4n) is 0.964. The Morgan fingerprint density at radius 3 is 3.08 bits per heavy atom. The second-order valence-corrected chi connectivity index (χ2v) is 2.81. The fraction of sp³-hybridized carbons (Fsp3) is 0.300. The van der Waals surface area contributed by atoms with Crippen LogP contribution < -0.4 is 0 Å². The highest BCUT2D eigenvalue weighted by Gasteiger charge is 2.01. The van der Waals surface area contributed by atoms with E-state index >= 15 is 0 Å². The molecule has 0 N–H and O–H groups in total. The van der Waals surface area contributed by atoms with Crippen molar-refractivity contribution in [2.24, 2.45) is 5.92 Å². The monoisotopic (exact) mass is 160 g/mol. The molecule has 2 heteroatoms. The SMILES string of the molecule is C#CC(C)CC(=C)n1ccnc1. The quantitative estimate of drug-likeness (QED) is 0.618. The Bertz CT molecular complexity index is 290. The summed E-state index contributed by atoms with van der Waals surface area (Å²) in [5.41, 5.74) is 0.984. The molecule has 0 fully saturated rings. The number of nitrogens with zero attached hydrogens (tertiary/aromatic N) is 2. The Labute approximate surface area is 72.9 Å². The topological polar surface area (TPSA) is 17.8 Å². The van der Waals surface area contributed by atoms with E-state index in [0.717, 1.165) is 12.1 Å². The van der Waals surface area contributed by atoms with Crippen LogP contribution in [0.4, 0.5) is 0 Å². The van der Waals surface area contributed by atoms with Crippen molar-refractivity contribution in [3.05, 3.63) is 25.3 Å². The van der Waals surface area contributed by atoms with Crippen LogP contribution >= 0.6 is 0 Å². The molecule has 1 atom stereocenters. The maximum atomic E-state index is 5.26. The molecule has 12 heavy (non-hydrogen) atoms. The molecule has 0 aliphatic carbocycles. The Morgan fingerprint density at radius 2 is 2.58 bits per heavy atom. The third-order valence-corrected chi connectivity index (χ3v) is 1.70. The molecule has 1 unspecified atom stereocenters. The van der Waals surface area contributed by atoms with E-state index in [-0.39, 0.29) is 5.92 Å². The van der Waals surface area contributed by atoms with Gasteiger partial charge in [-0.1, -0.05) is 13.5 Å². The van der Waals surface area contributed by atoms with Crippen LogP contribution in [0.3, 0.4) is 0 Å². The molecular weight excluding hydrogens is 148 g/mol. The standard InChI is InChI=1S/C10H12N2/c1-4-9(2)7-10(3)12-6-5-11-8-12/h1,5-6,8-9H,3,7H2,2H3. The number of terminal acetylenes is 1. The summed E-state index contributed by atoms with van der Waals surface area (Å²) in [4.78, 5) is 3.93. The van der Waals surface area contributed by atoms with E-state index in [4.69, 9.17) is 6.42 Å². The molecule has 0 amide bonds. The summed E-state index contributed by atoms with van der Waals surface area (Å²) in [5.74, 6) is 2.90. The van der Waals surface area contributed by atoms with Crippen molar-refractivity contribution in [1.29, 1.82) is 0 Å². The van der Waals surface area contributed by atoms with Gasteiger partial charge in [0.2, 0.25) is 0 Å². The number of imidazole rings is 1. The number of hydrogen-bond acceptors (Lipinski definition) is 1. The first-order valence-corrected chi connectivity index (χ1v) is 3.86. The normalized spacial score (nSPS) is 12.0. The lowest BCUT2D eigenvalue weighted by molar-refractivity contribution is 0.758. The highest BCUT2D eigenvalue weighted by atomic mass is 15.0. The van der Waals surface area contributed by atoms with E-state index in [9.17, 15) is 0 Å². The maximum absolute atomic E-state index is 5.26. The van der Waals surface area contributed by atoms with Crippen molar-refractivity contribution in [3.63, 3.8) is 0 Å². The van der Waals surface area contributed by atoms with Gasteiger partial charge in [-0.3, -0.25) is 0 Å². The Morgan fingerprint density at radius 1 is 1.83 bits per heavy atom. The summed E-state index contributed by atoms with van der Waals surface area (Å²) < 4.78 is 1.88. The van der Waals surface area contributed by atoms with Crippen LogP contribution in [-0.2, 0) is 0 Å². The van der Waals surface area contributed by atoms with Gasteiger partial charge in [0.15, 0.2) is 0 Å². The second-order valence-electron chi connectivity index (χ2n) is 2.81. The van der Waals surface area contributed by atoms with Crippen molar-refractivity contribution in [1.82, 2.24) is 9.55 Å². The van der Waals surface area contributed by atoms with Gasteiger partial charge in [-0.25, -0.2) is 4.98 Å². The molecular formula is C10H12N2. The molecule has 0 aliphatic rings. The minimum Gasteiger partial charge on any atom is -0.311 e. The first-order chi connectivity index (χ1) is 5.74. The van der Waals surface area contributed by atoms with Crippen LogP contribution in [0.25, 0.3) is 5.70 Å². The van der Waals surface area contributed by atoms with Crippen LogP contribution in [0.2, 0.25) is 0 Å². The molecule has 0 radical (unpaired) electrons. The van der Waals surface area contributed by atoms with Gasteiger partial charge in [0.25, 0.3) is 0 Å². The third-order valence-electron chi connectivity index (χ3n) is 1.70. The molecule has 0 saturated heterocycles. The molecule has 0 saturated carbocycles. The predicted octanol–water partition coefficient (Wildman–Crippen LogP) is 2.01. The Kier molecular flexibility index (Phi) is 2.71. The van der Waals surface area contributed by atoms with Crippen molar-refractivity contribution in [2.75, 3.05) is 0 Å². The van der Waals surface area contributed by atoms with E-state index < -0.39 is 0 Å². The van der Waals surface area contributed by atoms with Crippen LogP contribution in [-0.4, -0.2) is 9.55 Å². The van der Waals surface area contributed by atoms with Crippen molar-refractivity contribution >= 4 is 5.70 Å². The van der Waals surface area contributed by atoms with Gasteiger partial charge in [0.1, 0.15) is 0 Å². The lowest BCUT2D eigenvalue weighted by atomic mass is 10.1. The second kappa shape index (κ2) is 3.77. The zero-order chi connectivity index (χ0) is 8.97. The van der Waals surface area contributed by atoms with Gasteiger partial charge in [0, 0.05) is 30.4 Å². The van der Waals surface area contributed by atoms with Gasteiger partial charge in [0.05, 0.1) is 6.33 Å². The van der Waals surface area contributed by atoms with E-state index in [1.54, 1.807) is 12.5 Å². The molecule has 1 rings (SSSR count). The van der Waals surface area contributed by atoms with Gasteiger partial charge in [-0.2, -0.15) is 0 Å². The maximum Gasteiger partial charge on any atom is 0.0988 e. The molecule has 1 aromatic heterocycles. The molecule has 2 nitrogen and oxygen atoms in total. The minimum absolute atomic E-state index is 0.236. The highest BCUT2D eigenvalue weighted by molar-refractivity contribution is 5.41. The summed E-state index contributed by atoms with van der Waals surface area (Å²) in [6.07, 6.45) is 11.4. The highest BCUT2D eigenvalue weighted by Crippen LogP contribution is 2.12. The average Bonchev–Trinajstić information content (AvgIpc) is 2.56. The van der Waals surface area contributed by atoms with Crippen LogP contribution in [0.5, 0.6) is 0 Å². The summed E-state index contributed by atoms with van der Waals surface area (Å²) in [6, 6.07) is 0. The van der Waals surface area contributed by atoms with Crippen molar-refractivity contribution < 1.29 is 0 Å². The van der Waals surface area contributed by atoms with Gasteiger partial charge < -0.3 is 4.57 Å². The molecule has 0 bridgehead atoms. The lowest BCUT2D eigenvalue weighted by Crippen LogP contribution is -1.97. The molecule has 1 heterocycles. The van der Waals surface area contributed by atoms with E-state index in [2.05, 4.69) is 17.5 Å². The van der Waals surface area contributed by atoms with Crippen molar-refractivity contribution in [2.45, 2.75) is 13.3 Å². The first-order valence-electron chi connectivity index (χ1n) is 3.86. The molecule has 0 spiro atoms. The molecule has 1 aromatic rings. The fourth-order valence-corrected chi connectivity index (χ4v) is 0.964. The molecule has 62 valence electrons. The van der Waals surface area contributed by atoms with E-state index in [0.29, 0.717) is 0 Å². The van der Waals surface area contributed by atoms with Gasteiger partial charge in [-0.15, -0.1) is 12.3 Å². The van der Waals surface area contributed by atoms with Gasteiger partial charge in [-0.05, 0) is 0 Å². The lowest BCUT2D eigenvalue weighted by Gasteiger charge is -2.07.